The number of aryl methyl sites for hydroxylation is 1. The fourth-order valence-electron chi connectivity index (χ4n) is 3.21. The lowest BCUT2D eigenvalue weighted by atomic mass is 9.90. The van der Waals surface area contributed by atoms with Crippen LogP contribution in [-0.2, 0) is 6.54 Å². The molecule has 4 heteroatoms. The van der Waals surface area contributed by atoms with E-state index < -0.39 is 0 Å². The van der Waals surface area contributed by atoms with Crippen molar-refractivity contribution in [1.82, 2.24) is 9.88 Å². The molecule has 1 aliphatic heterocycles. The van der Waals surface area contributed by atoms with Gasteiger partial charge in [-0.25, -0.2) is 0 Å². The molecule has 1 atom stereocenters. The number of nitrogens with zero attached hydrogens (tertiary/aromatic N) is 2. The van der Waals surface area contributed by atoms with Crippen LogP contribution in [0.4, 0.5) is 0 Å². The van der Waals surface area contributed by atoms with Gasteiger partial charge in [0.15, 0.2) is 5.78 Å². The van der Waals surface area contributed by atoms with Gasteiger partial charge >= 0.3 is 0 Å². The molecule has 0 radical (unpaired) electrons. The maximum Gasteiger partial charge on any atom is 0.167 e. The van der Waals surface area contributed by atoms with Crippen molar-refractivity contribution in [2.75, 3.05) is 13.1 Å². The molecule has 0 N–H and O–H groups in total. The average Bonchev–Trinajstić information content (AvgIpc) is 2.54. The highest BCUT2D eigenvalue weighted by molar-refractivity contribution is 6.31. The Labute approximate surface area is 142 Å². The van der Waals surface area contributed by atoms with Gasteiger partial charge < -0.3 is 0 Å². The average molecular weight is 329 g/mol. The molecule has 1 aliphatic rings. The van der Waals surface area contributed by atoms with E-state index >= 15 is 0 Å². The van der Waals surface area contributed by atoms with Crippen molar-refractivity contribution >= 4 is 17.4 Å². The highest BCUT2D eigenvalue weighted by atomic mass is 35.5. The van der Waals surface area contributed by atoms with Gasteiger partial charge in [-0.3, -0.25) is 14.7 Å². The SMILES string of the molecule is Cc1cccc(CN2CCCC(C(=O)c3cccc(Cl)c3)C2)n1. The second-order valence-electron chi connectivity index (χ2n) is 6.22. The van der Waals surface area contributed by atoms with Crippen LogP contribution >= 0.6 is 11.6 Å². The number of aromatic nitrogens is 1. The molecule has 3 nitrogen and oxygen atoms in total. The molecule has 23 heavy (non-hydrogen) atoms. The van der Waals surface area contributed by atoms with Crippen LogP contribution in [-0.4, -0.2) is 28.8 Å². The highest BCUT2D eigenvalue weighted by Gasteiger charge is 2.26. The quantitative estimate of drug-likeness (QED) is 0.791. The van der Waals surface area contributed by atoms with Crippen LogP contribution < -0.4 is 0 Å². The molecule has 1 fully saturated rings. The van der Waals surface area contributed by atoms with Gasteiger partial charge in [0.25, 0.3) is 0 Å². The number of benzene rings is 1. The molecule has 120 valence electrons. The van der Waals surface area contributed by atoms with Gasteiger partial charge in [-0.1, -0.05) is 29.8 Å². The first-order valence-electron chi connectivity index (χ1n) is 8.06. The predicted molar refractivity (Wildman–Crippen MR) is 92.8 cm³/mol. The first-order chi connectivity index (χ1) is 11.1. The van der Waals surface area contributed by atoms with E-state index in [0.29, 0.717) is 5.02 Å². The van der Waals surface area contributed by atoms with Gasteiger partial charge in [0.05, 0.1) is 5.69 Å². The summed E-state index contributed by atoms with van der Waals surface area (Å²) in [5.74, 6) is 0.251. The standard InChI is InChI=1S/C19H21ClN2O/c1-14-5-2-9-18(21-14)13-22-10-4-7-16(12-22)19(23)15-6-3-8-17(20)11-15/h2-3,5-6,8-9,11,16H,4,7,10,12-13H2,1H3. The third kappa shape index (κ3) is 4.18. The van der Waals surface area contributed by atoms with Crippen molar-refractivity contribution in [3.05, 3.63) is 64.4 Å². The van der Waals surface area contributed by atoms with Gasteiger partial charge in [0.2, 0.25) is 0 Å². The zero-order valence-corrected chi connectivity index (χ0v) is 14.1. The maximum atomic E-state index is 12.7. The Balaban J connectivity index is 1.67. The van der Waals surface area contributed by atoms with Crippen molar-refractivity contribution in [2.24, 2.45) is 5.92 Å². The van der Waals surface area contributed by atoms with Crippen LogP contribution in [0.3, 0.4) is 0 Å². The first kappa shape index (κ1) is 16.2. The number of halogens is 1. The Bertz CT molecular complexity index is 701. The number of Topliss-reactive ketones (excluding diaryl/α,β-unsaturated/α-hetero) is 1. The molecular formula is C19H21ClN2O. The summed E-state index contributed by atoms with van der Waals surface area (Å²) in [5.41, 5.74) is 2.82. The Morgan fingerprint density at radius 1 is 1.30 bits per heavy atom. The van der Waals surface area contributed by atoms with Crippen molar-refractivity contribution in [3.8, 4) is 0 Å². The van der Waals surface area contributed by atoms with Crippen LogP contribution in [0.15, 0.2) is 42.5 Å². The van der Waals surface area contributed by atoms with E-state index in [1.165, 1.54) is 0 Å². The van der Waals surface area contributed by atoms with Crippen molar-refractivity contribution in [1.29, 1.82) is 0 Å². The molecule has 2 heterocycles. The van der Waals surface area contributed by atoms with E-state index in [1.54, 1.807) is 12.1 Å². The van der Waals surface area contributed by atoms with Crippen LogP contribution in [0.25, 0.3) is 0 Å². The number of carbonyl (C=O) groups excluding carboxylic acids is 1. The highest BCUT2D eigenvalue weighted by Crippen LogP contribution is 2.23. The van der Waals surface area contributed by atoms with E-state index in [1.807, 2.05) is 31.2 Å². The molecule has 1 unspecified atom stereocenters. The summed E-state index contributed by atoms with van der Waals surface area (Å²) < 4.78 is 0. The molecule has 3 rings (SSSR count). The summed E-state index contributed by atoms with van der Waals surface area (Å²) in [4.78, 5) is 19.6. The fourth-order valence-corrected chi connectivity index (χ4v) is 3.40. The Kier molecular flexibility index (Phi) is 5.09. The Hall–Kier alpha value is -1.71. The Morgan fingerprint density at radius 3 is 2.91 bits per heavy atom. The van der Waals surface area contributed by atoms with Gasteiger partial charge in [0.1, 0.15) is 0 Å². The summed E-state index contributed by atoms with van der Waals surface area (Å²) in [6.07, 6.45) is 1.99. The number of piperidine rings is 1. The molecule has 0 bridgehead atoms. The monoisotopic (exact) mass is 328 g/mol. The minimum absolute atomic E-state index is 0.0482. The molecule has 2 aromatic rings. The van der Waals surface area contributed by atoms with Crippen LogP contribution in [0, 0.1) is 12.8 Å². The summed E-state index contributed by atoms with van der Waals surface area (Å²) in [6.45, 7) is 4.63. The Morgan fingerprint density at radius 2 is 2.13 bits per heavy atom. The number of pyridine rings is 1. The zero-order valence-electron chi connectivity index (χ0n) is 13.3. The topological polar surface area (TPSA) is 33.2 Å². The van der Waals surface area contributed by atoms with Crippen LogP contribution in [0.2, 0.25) is 5.02 Å². The second kappa shape index (κ2) is 7.24. The van der Waals surface area contributed by atoms with Gasteiger partial charge in [-0.05, 0) is 50.6 Å². The van der Waals surface area contributed by atoms with Gasteiger partial charge in [-0.15, -0.1) is 0 Å². The van der Waals surface area contributed by atoms with Gasteiger partial charge in [-0.2, -0.15) is 0 Å². The molecule has 1 aromatic heterocycles. The smallest absolute Gasteiger partial charge is 0.167 e. The molecule has 1 aromatic carbocycles. The number of likely N-dealkylation sites (tertiary alicyclic amines) is 1. The van der Waals surface area contributed by atoms with E-state index in [-0.39, 0.29) is 11.7 Å². The third-order valence-corrected chi connectivity index (χ3v) is 4.55. The minimum atomic E-state index is 0.0482. The normalized spacial score (nSPS) is 18.8. The number of rotatable bonds is 4. The summed E-state index contributed by atoms with van der Waals surface area (Å²) in [6, 6.07) is 13.4. The van der Waals surface area contributed by atoms with Crippen LogP contribution in [0.1, 0.15) is 34.6 Å². The van der Waals surface area contributed by atoms with Gasteiger partial charge in [0, 0.05) is 35.3 Å². The van der Waals surface area contributed by atoms with E-state index in [0.717, 1.165) is 49.4 Å². The van der Waals surface area contributed by atoms with E-state index in [9.17, 15) is 4.79 Å². The summed E-state index contributed by atoms with van der Waals surface area (Å²) >= 11 is 6.01. The number of carbonyl (C=O) groups is 1. The van der Waals surface area contributed by atoms with Crippen LogP contribution in [0.5, 0.6) is 0 Å². The van der Waals surface area contributed by atoms with E-state index in [2.05, 4.69) is 16.0 Å². The van der Waals surface area contributed by atoms with Crippen molar-refractivity contribution < 1.29 is 4.79 Å². The molecule has 0 saturated carbocycles. The summed E-state index contributed by atoms with van der Waals surface area (Å²) in [5, 5.41) is 0.618. The number of hydrogen-bond acceptors (Lipinski definition) is 3. The third-order valence-electron chi connectivity index (χ3n) is 4.32. The maximum absolute atomic E-state index is 12.7. The fraction of sp³-hybridized carbons (Fsp3) is 0.368. The molecule has 0 spiro atoms. The zero-order chi connectivity index (χ0) is 16.2. The second-order valence-corrected chi connectivity index (χ2v) is 6.66. The lowest BCUT2D eigenvalue weighted by Crippen LogP contribution is -2.38. The first-order valence-corrected chi connectivity index (χ1v) is 8.44. The number of hydrogen-bond donors (Lipinski definition) is 0. The molecule has 0 aliphatic carbocycles. The molecular weight excluding hydrogens is 308 g/mol. The lowest BCUT2D eigenvalue weighted by Gasteiger charge is -2.31. The molecule has 1 saturated heterocycles. The largest absolute Gasteiger partial charge is 0.297 e. The van der Waals surface area contributed by atoms with Crippen molar-refractivity contribution in [2.45, 2.75) is 26.3 Å². The summed E-state index contributed by atoms with van der Waals surface area (Å²) in [7, 11) is 0. The minimum Gasteiger partial charge on any atom is -0.297 e. The lowest BCUT2D eigenvalue weighted by molar-refractivity contribution is 0.0810. The van der Waals surface area contributed by atoms with E-state index in [4.69, 9.17) is 11.6 Å². The van der Waals surface area contributed by atoms with Crippen molar-refractivity contribution in [3.63, 3.8) is 0 Å². The number of ketones is 1. The molecule has 0 amide bonds. The predicted octanol–water partition coefficient (Wildman–Crippen LogP) is 4.14.